The lowest BCUT2D eigenvalue weighted by molar-refractivity contribution is -0.139. The topological polar surface area (TPSA) is 75.7 Å². The van der Waals surface area contributed by atoms with Crippen LogP contribution in [0, 0.1) is 5.92 Å². The van der Waals surface area contributed by atoms with E-state index in [1.54, 1.807) is 24.3 Å². The second-order valence-corrected chi connectivity index (χ2v) is 7.27. The summed E-state index contributed by atoms with van der Waals surface area (Å²) in [6.07, 6.45) is 1.46. The minimum atomic E-state index is -0.140. The molecule has 2 aromatic carbocycles. The number of carbonyl (C=O) groups is 3. The molecule has 2 heterocycles. The summed E-state index contributed by atoms with van der Waals surface area (Å²) < 4.78 is 5.76. The van der Waals surface area contributed by atoms with Crippen LogP contribution in [0.1, 0.15) is 34.3 Å². The van der Waals surface area contributed by atoms with Crippen LogP contribution in [0.15, 0.2) is 48.5 Å². The maximum absolute atomic E-state index is 12.4. The molecule has 0 aromatic heterocycles. The molecule has 28 heavy (non-hydrogen) atoms. The summed E-state index contributed by atoms with van der Waals surface area (Å²) in [6.45, 7) is 1.40. The van der Waals surface area contributed by atoms with E-state index < -0.39 is 0 Å². The molecule has 1 saturated heterocycles. The van der Waals surface area contributed by atoms with Crippen LogP contribution in [-0.2, 0) is 22.6 Å². The molecule has 0 saturated carbocycles. The van der Waals surface area contributed by atoms with Crippen LogP contribution < -0.4 is 10.1 Å². The molecule has 0 spiro atoms. The Labute approximate surface area is 163 Å². The van der Waals surface area contributed by atoms with Crippen molar-refractivity contribution in [3.63, 3.8) is 0 Å². The van der Waals surface area contributed by atoms with Crippen LogP contribution in [0.25, 0.3) is 0 Å². The van der Waals surface area contributed by atoms with Gasteiger partial charge in [0.15, 0.2) is 0 Å². The third kappa shape index (κ3) is 3.91. The zero-order valence-corrected chi connectivity index (χ0v) is 15.5. The molecule has 6 nitrogen and oxygen atoms in total. The van der Waals surface area contributed by atoms with Gasteiger partial charge in [0.05, 0.1) is 13.2 Å². The van der Waals surface area contributed by atoms with Crippen molar-refractivity contribution in [1.29, 1.82) is 0 Å². The molecule has 2 aliphatic rings. The van der Waals surface area contributed by atoms with Gasteiger partial charge in [-0.3, -0.25) is 19.3 Å². The highest BCUT2D eigenvalue weighted by Crippen LogP contribution is 2.26. The van der Waals surface area contributed by atoms with Crippen molar-refractivity contribution >= 4 is 17.7 Å². The molecule has 144 valence electrons. The second kappa shape index (κ2) is 7.84. The van der Waals surface area contributed by atoms with Gasteiger partial charge in [0, 0.05) is 30.9 Å². The number of rotatable bonds is 5. The highest BCUT2D eigenvalue weighted by molar-refractivity contribution is 6.01. The van der Waals surface area contributed by atoms with Crippen LogP contribution in [0.3, 0.4) is 0 Å². The van der Waals surface area contributed by atoms with Gasteiger partial charge in [-0.15, -0.1) is 0 Å². The van der Waals surface area contributed by atoms with Gasteiger partial charge in [-0.25, -0.2) is 0 Å². The van der Waals surface area contributed by atoms with E-state index in [-0.39, 0.29) is 43.0 Å². The predicted octanol–water partition coefficient (Wildman–Crippen LogP) is 2.32. The number of hydrogen-bond donors (Lipinski definition) is 1. The van der Waals surface area contributed by atoms with Crippen molar-refractivity contribution in [2.75, 3.05) is 13.2 Å². The molecule has 0 radical (unpaired) electrons. The van der Waals surface area contributed by atoms with E-state index in [1.807, 2.05) is 18.2 Å². The number of amides is 3. The quantitative estimate of drug-likeness (QED) is 0.810. The summed E-state index contributed by atoms with van der Waals surface area (Å²) >= 11 is 0. The molecule has 3 amide bonds. The average Bonchev–Trinajstić information content (AvgIpc) is 3.04. The van der Waals surface area contributed by atoms with Crippen molar-refractivity contribution in [2.45, 2.75) is 25.8 Å². The molecule has 1 fully saturated rings. The summed E-state index contributed by atoms with van der Waals surface area (Å²) in [5, 5.41) is 2.97. The minimum absolute atomic E-state index is 0.136. The Kier molecular flexibility index (Phi) is 5.10. The van der Waals surface area contributed by atoms with Crippen molar-refractivity contribution in [1.82, 2.24) is 10.2 Å². The first-order valence-electron chi connectivity index (χ1n) is 9.51. The van der Waals surface area contributed by atoms with E-state index >= 15 is 0 Å². The van der Waals surface area contributed by atoms with Gasteiger partial charge >= 0.3 is 0 Å². The van der Waals surface area contributed by atoms with Crippen molar-refractivity contribution in [3.05, 3.63) is 65.2 Å². The molecular weight excluding hydrogens is 356 g/mol. The van der Waals surface area contributed by atoms with Gasteiger partial charge in [0.2, 0.25) is 11.8 Å². The number of para-hydroxylation sites is 1. The first kappa shape index (κ1) is 18.2. The highest BCUT2D eigenvalue weighted by Gasteiger charge is 2.28. The lowest BCUT2D eigenvalue weighted by Gasteiger charge is -2.25. The number of fused-ring (bicyclic) bond motifs is 1. The standard InChI is InChI=1S/C22H22N2O4/c25-20-9-10-21(26)24(20)13-15-5-7-17(8-6-15)22(27)23-12-16-11-18-3-1-2-4-19(18)28-14-16/h1-8,16H,9-14H2,(H,23,27). The summed E-state index contributed by atoms with van der Waals surface area (Å²) in [7, 11) is 0. The molecule has 2 aliphatic heterocycles. The predicted molar refractivity (Wildman–Crippen MR) is 103 cm³/mol. The summed E-state index contributed by atoms with van der Waals surface area (Å²) in [5.41, 5.74) is 2.56. The SMILES string of the molecule is O=C(NCC1COc2ccccc2C1)c1ccc(CN2C(=O)CCC2=O)cc1. The van der Waals surface area contributed by atoms with Crippen LogP contribution in [0.4, 0.5) is 0 Å². The van der Waals surface area contributed by atoms with Crippen LogP contribution in [0.5, 0.6) is 5.75 Å². The minimum Gasteiger partial charge on any atom is -0.493 e. The lowest BCUT2D eigenvalue weighted by atomic mass is 9.96. The number of nitrogens with zero attached hydrogens (tertiary/aromatic N) is 1. The summed E-state index contributed by atoms with van der Waals surface area (Å²) in [6, 6.07) is 15.0. The largest absolute Gasteiger partial charge is 0.493 e. The van der Waals surface area contributed by atoms with Crippen LogP contribution in [0.2, 0.25) is 0 Å². The number of benzene rings is 2. The fraction of sp³-hybridized carbons (Fsp3) is 0.318. The molecule has 0 aliphatic carbocycles. The molecule has 0 bridgehead atoms. The third-order valence-corrected chi connectivity index (χ3v) is 5.22. The normalized spacial score (nSPS) is 18.6. The zero-order chi connectivity index (χ0) is 19.5. The molecule has 4 rings (SSSR count). The van der Waals surface area contributed by atoms with Gasteiger partial charge in [0.1, 0.15) is 5.75 Å². The Morgan fingerprint density at radius 3 is 2.50 bits per heavy atom. The van der Waals surface area contributed by atoms with E-state index in [2.05, 4.69) is 11.4 Å². The lowest BCUT2D eigenvalue weighted by Crippen LogP contribution is -2.34. The van der Waals surface area contributed by atoms with Gasteiger partial charge < -0.3 is 10.1 Å². The van der Waals surface area contributed by atoms with Gasteiger partial charge in [-0.2, -0.15) is 0 Å². The van der Waals surface area contributed by atoms with Gasteiger partial charge in [0.25, 0.3) is 5.91 Å². The average molecular weight is 378 g/mol. The van der Waals surface area contributed by atoms with E-state index in [4.69, 9.17) is 4.74 Å². The van der Waals surface area contributed by atoms with Crippen LogP contribution in [-0.4, -0.2) is 35.8 Å². The Morgan fingerprint density at radius 2 is 1.75 bits per heavy atom. The molecular formula is C22H22N2O4. The molecule has 1 unspecified atom stereocenters. The van der Waals surface area contributed by atoms with E-state index in [1.165, 1.54) is 10.5 Å². The molecule has 1 N–H and O–H groups in total. The maximum Gasteiger partial charge on any atom is 0.251 e. The first-order valence-corrected chi connectivity index (χ1v) is 9.51. The number of nitrogens with one attached hydrogen (secondary N) is 1. The van der Waals surface area contributed by atoms with E-state index in [0.717, 1.165) is 17.7 Å². The highest BCUT2D eigenvalue weighted by atomic mass is 16.5. The second-order valence-electron chi connectivity index (χ2n) is 7.27. The maximum atomic E-state index is 12.4. The molecule has 1 atom stereocenters. The molecule has 6 heteroatoms. The smallest absolute Gasteiger partial charge is 0.251 e. The van der Waals surface area contributed by atoms with E-state index in [0.29, 0.717) is 18.7 Å². The number of ether oxygens (including phenoxy) is 1. The first-order chi connectivity index (χ1) is 13.6. The fourth-order valence-electron chi connectivity index (χ4n) is 3.60. The Bertz CT molecular complexity index is 891. The van der Waals surface area contributed by atoms with Crippen molar-refractivity contribution in [2.24, 2.45) is 5.92 Å². The monoisotopic (exact) mass is 378 g/mol. The molecule has 2 aromatic rings. The van der Waals surface area contributed by atoms with Crippen LogP contribution >= 0.6 is 0 Å². The van der Waals surface area contributed by atoms with Crippen molar-refractivity contribution in [3.8, 4) is 5.75 Å². The Hall–Kier alpha value is -3.15. The number of imide groups is 1. The zero-order valence-electron chi connectivity index (χ0n) is 15.5. The van der Waals surface area contributed by atoms with E-state index in [9.17, 15) is 14.4 Å². The van der Waals surface area contributed by atoms with Crippen molar-refractivity contribution < 1.29 is 19.1 Å². The van der Waals surface area contributed by atoms with Gasteiger partial charge in [-0.05, 0) is 35.7 Å². The summed E-state index contributed by atoms with van der Waals surface area (Å²) in [5.74, 6) is 0.755. The Balaban J connectivity index is 1.30. The van der Waals surface area contributed by atoms with Gasteiger partial charge in [-0.1, -0.05) is 30.3 Å². The fourth-order valence-corrected chi connectivity index (χ4v) is 3.60. The Morgan fingerprint density at radius 1 is 1.04 bits per heavy atom. The number of carbonyl (C=O) groups excluding carboxylic acids is 3. The third-order valence-electron chi connectivity index (χ3n) is 5.22. The number of hydrogen-bond acceptors (Lipinski definition) is 4. The number of likely N-dealkylation sites (tertiary alicyclic amines) is 1. The summed E-state index contributed by atoms with van der Waals surface area (Å²) in [4.78, 5) is 37.1.